The summed E-state index contributed by atoms with van der Waals surface area (Å²) in [5, 5.41) is 3.33. The Kier molecular flexibility index (Phi) is 4.89. The van der Waals surface area contributed by atoms with Gasteiger partial charge in [0.2, 0.25) is 0 Å². The molecule has 0 saturated carbocycles. The van der Waals surface area contributed by atoms with E-state index in [2.05, 4.69) is 38.2 Å². The molecular formula is C26H27NO3. The number of allylic oxidation sites excluding steroid dienone is 2. The zero-order valence-corrected chi connectivity index (χ0v) is 18.1. The van der Waals surface area contributed by atoms with Crippen molar-refractivity contribution in [3.05, 3.63) is 87.6 Å². The summed E-state index contributed by atoms with van der Waals surface area (Å²) in [6.07, 6.45) is 0. The molecule has 1 heterocycles. The van der Waals surface area contributed by atoms with Crippen LogP contribution in [0.1, 0.15) is 67.6 Å². The Bertz CT molecular complexity index is 1100. The van der Waals surface area contributed by atoms with Gasteiger partial charge in [0.1, 0.15) is 0 Å². The van der Waals surface area contributed by atoms with Crippen LogP contribution in [0.25, 0.3) is 5.70 Å². The van der Waals surface area contributed by atoms with Crippen molar-refractivity contribution in [1.82, 2.24) is 5.32 Å². The summed E-state index contributed by atoms with van der Waals surface area (Å²) in [5.74, 6) is -0.885. The molecule has 0 aromatic heterocycles. The topological polar surface area (TPSA) is 55.4 Å². The van der Waals surface area contributed by atoms with Crippen molar-refractivity contribution in [2.45, 2.75) is 46.0 Å². The standard InChI is InChI=1S/C26H27NO3/c1-6-30-25(29)20-15(2)27-23-18-9-7-8-10-19(18)24(28)22(23)21(20)16-11-13-17(14-12-16)26(3,4)5/h7-14,21,27H,6H2,1-5H3. The molecule has 1 atom stereocenters. The monoisotopic (exact) mass is 401 g/mol. The minimum atomic E-state index is -0.464. The van der Waals surface area contributed by atoms with Gasteiger partial charge in [-0.1, -0.05) is 69.3 Å². The molecule has 1 aliphatic heterocycles. The fourth-order valence-electron chi connectivity index (χ4n) is 4.32. The quantitative estimate of drug-likeness (QED) is 0.726. The lowest BCUT2D eigenvalue weighted by molar-refractivity contribution is -0.138. The van der Waals surface area contributed by atoms with Crippen molar-refractivity contribution < 1.29 is 14.3 Å². The van der Waals surface area contributed by atoms with Crippen LogP contribution in [0.4, 0.5) is 0 Å². The summed E-state index contributed by atoms with van der Waals surface area (Å²) >= 11 is 0. The second-order valence-corrected chi connectivity index (χ2v) is 8.85. The van der Waals surface area contributed by atoms with Gasteiger partial charge in [0.25, 0.3) is 0 Å². The maximum Gasteiger partial charge on any atom is 0.336 e. The molecule has 0 amide bonds. The van der Waals surface area contributed by atoms with Crippen molar-refractivity contribution >= 4 is 17.4 Å². The number of hydrogen-bond donors (Lipinski definition) is 1. The predicted molar refractivity (Wildman–Crippen MR) is 118 cm³/mol. The summed E-state index contributed by atoms with van der Waals surface area (Å²) < 4.78 is 5.37. The van der Waals surface area contributed by atoms with E-state index in [1.807, 2.05) is 43.3 Å². The summed E-state index contributed by atoms with van der Waals surface area (Å²) in [4.78, 5) is 26.3. The minimum absolute atomic E-state index is 0.0201. The van der Waals surface area contributed by atoms with Gasteiger partial charge in [-0.05, 0) is 30.4 Å². The lowest BCUT2D eigenvalue weighted by atomic mass is 9.78. The fourth-order valence-corrected chi connectivity index (χ4v) is 4.32. The van der Waals surface area contributed by atoms with Crippen LogP contribution in [-0.2, 0) is 14.9 Å². The molecule has 0 saturated heterocycles. The number of esters is 1. The van der Waals surface area contributed by atoms with Gasteiger partial charge in [-0.15, -0.1) is 0 Å². The number of benzene rings is 2. The van der Waals surface area contributed by atoms with E-state index in [-0.39, 0.29) is 23.8 Å². The van der Waals surface area contributed by atoms with Crippen LogP contribution in [0, 0.1) is 0 Å². The van der Waals surface area contributed by atoms with E-state index in [4.69, 9.17) is 4.74 Å². The molecule has 1 N–H and O–H groups in total. The SMILES string of the molecule is CCOC(=O)C1=C(C)NC2=C(C(=O)c3ccccc32)C1c1ccc(C(C)(C)C)cc1. The molecular weight excluding hydrogens is 374 g/mol. The van der Waals surface area contributed by atoms with Gasteiger partial charge >= 0.3 is 5.97 Å². The molecule has 2 aromatic carbocycles. The summed E-state index contributed by atoms with van der Waals surface area (Å²) in [7, 11) is 0. The van der Waals surface area contributed by atoms with E-state index in [9.17, 15) is 9.59 Å². The Morgan fingerprint density at radius 2 is 1.67 bits per heavy atom. The lowest BCUT2D eigenvalue weighted by Crippen LogP contribution is -2.29. The van der Waals surface area contributed by atoms with Crippen LogP contribution >= 0.6 is 0 Å². The third-order valence-corrected chi connectivity index (χ3v) is 5.85. The normalized spacial score (nSPS) is 18.2. The van der Waals surface area contributed by atoms with Crippen molar-refractivity contribution in [3.63, 3.8) is 0 Å². The maximum absolute atomic E-state index is 13.4. The first-order valence-corrected chi connectivity index (χ1v) is 10.4. The largest absolute Gasteiger partial charge is 0.463 e. The van der Waals surface area contributed by atoms with Crippen LogP contribution in [0.3, 0.4) is 0 Å². The smallest absolute Gasteiger partial charge is 0.336 e. The van der Waals surface area contributed by atoms with Gasteiger partial charge in [0.15, 0.2) is 5.78 Å². The average molecular weight is 402 g/mol. The molecule has 0 radical (unpaired) electrons. The molecule has 154 valence electrons. The van der Waals surface area contributed by atoms with Crippen LogP contribution in [0.15, 0.2) is 65.4 Å². The highest BCUT2D eigenvalue weighted by atomic mass is 16.5. The highest BCUT2D eigenvalue weighted by molar-refractivity contribution is 6.23. The zero-order valence-electron chi connectivity index (χ0n) is 18.1. The van der Waals surface area contributed by atoms with E-state index >= 15 is 0 Å². The molecule has 4 heteroatoms. The Balaban J connectivity index is 1.89. The Morgan fingerprint density at radius 3 is 2.27 bits per heavy atom. The number of ketones is 1. The van der Waals surface area contributed by atoms with Crippen LogP contribution in [-0.4, -0.2) is 18.4 Å². The fraction of sp³-hybridized carbons (Fsp3) is 0.308. The first-order chi connectivity index (χ1) is 14.2. The first-order valence-electron chi connectivity index (χ1n) is 10.4. The summed E-state index contributed by atoms with van der Waals surface area (Å²) in [6, 6.07) is 15.8. The van der Waals surface area contributed by atoms with Crippen molar-refractivity contribution in [3.8, 4) is 0 Å². The minimum Gasteiger partial charge on any atom is -0.463 e. The van der Waals surface area contributed by atoms with E-state index in [0.717, 1.165) is 22.5 Å². The molecule has 30 heavy (non-hydrogen) atoms. The molecule has 0 bridgehead atoms. The van der Waals surface area contributed by atoms with Crippen molar-refractivity contribution in [2.24, 2.45) is 0 Å². The number of dihydropyridines is 1. The van der Waals surface area contributed by atoms with Gasteiger partial charge < -0.3 is 10.1 Å². The molecule has 0 spiro atoms. The number of nitrogens with one attached hydrogen (secondary N) is 1. The molecule has 1 unspecified atom stereocenters. The van der Waals surface area contributed by atoms with Crippen LogP contribution in [0.5, 0.6) is 0 Å². The average Bonchev–Trinajstić information content (AvgIpc) is 2.99. The molecule has 0 fully saturated rings. The second-order valence-electron chi connectivity index (χ2n) is 8.85. The van der Waals surface area contributed by atoms with E-state index in [1.165, 1.54) is 5.56 Å². The number of Topliss-reactive ketones (excluding diaryl/α,β-unsaturated/α-hetero) is 1. The highest BCUT2D eigenvalue weighted by Gasteiger charge is 2.42. The van der Waals surface area contributed by atoms with Crippen molar-refractivity contribution in [1.29, 1.82) is 0 Å². The third kappa shape index (κ3) is 3.17. The maximum atomic E-state index is 13.4. The Morgan fingerprint density at radius 1 is 1.03 bits per heavy atom. The number of rotatable bonds is 3. The predicted octanol–water partition coefficient (Wildman–Crippen LogP) is 5.12. The molecule has 4 rings (SSSR count). The molecule has 1 aliphatic carbocycles. The van der Waals surface area contributed by atoms with Gasteiger partial charge in [0, 0.05) is 28.3 Å². The van der Waals surface area contributed by atoms with Crippen molar-refractivity contribution in [2.75, 3.05) is 6.61 Å². The lowest BCUT2D eigenvalue weighted by Gasteiger charge is -2.29. The van der Waals surface area contributed by atoms with E-state index in [0.29, 0.717) is 16.7 Å². The number of carbonyl (C=O) groups excluding carboxylic acids is 2. The third-order valence-electron chi connectivity index (χ3n) is 5.85. The van der Waals surface area contributed by atoms with Gasteiger partial charge in [-0.3, -0.25) is 4.79 Å². The zero-order chi connectivity index (χ0) is 21.6. The number of hydrogen-bond acceptors (Lipinski definition) is 4. The first kappa shape index (κ1) is 20.1. The highest BCUT2D eigenvalue weighted by Crippen LogP contribution is 2.46. The Labute approximate surface area is 177 Å². The van der Waals surface area contributed by atoms with Gasteiger partial charge in [0.05, 0.1) is 17.9 Å². The van der Waals surface area contributed by atoms with Gasteiger partial charge in [-0.25, -0.2) is 4.79 Å². The molecule has 2 aliphatic rings. The van der Waals surface area contributed by atoms with E-state index in [1.54, 1.807) is 6.92 Å². The Hall–Kier alpha value is -3.14. The molecule has 4 nitrogen and oxygen atoms in total. The van der Waals surface area contributed by atoms with Gasteiger partial charge in [-0.2, -0.15) is 0 Å². The summed E-state index contributed by atoms with van der Waals surface area (Å²) in [5.41, 5.74) is 6.34. The van der Waals surface area contributed by atoms with Crippen LogP contribution in [0.2, 0.25) is 0 Å². The van der Waals surface area contributed by atoms with E-state index < -0.39 is 5.92 Å². The second kappa shape index (κ2) is 7.28. The molecule has 2 aromatic rings. The summed E-state index contributed by atoms with van der Waals surface area (Å²) in [6.45, 7) is 10.4. The number of fused-ring (bicyclic) bond motifs is 2. The number of ether oxygens (including phenoxy) is 1. The number of carbonyl (C=O) groups is 2. The van der Waals surface area contributed by atoms with Crippen LogP contribution < -0.4 is 5.32 Å².